The summed E-state index contributed by atoms with van der Waals surface area (Å²) in [6.07, 6.45) is 8.36. The molecule has 1 aliphatic heterocycles. The van der Waals surface area contributed by atoms with Crippen LogP contribution in [0.4, 0.5) is 0 Å². The van der Waals surface area contributed by atoms with Gasteiger partial charge in [0.05, 0.1) is 0 Å². The fraction of sp³-hybridized carbons (Fsp3) is 0.500. The van der Waals surface area contributed by atoms with Crippen LogP contribution in [-0.4, -0.2) is 18.3 Å². The van der Waals surface area contributed by atoms with E-state index in [4.69, 9.17) is 0 Å². The molecule has 0 aromatic carbocycles. The van der Waals surface area contributed by atoms with Crippen molar-refractivity contribution < 1.29 is 0 Å². The van der Waals surface area contributed by atoms with Gasteiger partial charge in [0, 0.05) is 25.4 Å². The first-order valence-electron chi connectivity index (χ1n) is 4.39. The summed E-state index contributed by atoms with van der Waals surface area (Å²) < 4.78 is 0. The highest BCUT2D eigenvalue weighted by Crippen LogP contribution is 2.16. The Balaban J connectivity index is 2.69. The minimum absolute atomic E-state index is 0.966. The summed E-state index contributed by atoms with van der Waals surface area (Å²) in [5.41, 5.74) is 2.66. The smallest absolute Gasteiger partial charge is 0.0421 e. The summed E-state index contributed by atoms with van der Waals surface area (Å²) in [6, 6.07) is 0. The molecule has 0 amide bonds. The molecule has 1 heterocycles. The molecule has 0 saturated carbocycles. The number of rotatable bonds is 2. The molecule has 1 rings (SSSR count). The first-order valence-corrected chi connectivity index (χ1v) is 4.39. The second-order valence-electron chi connectivity index (χ2n) is 2.88. The quantitative estimate of drug-likeness (QED) is 0.612. The molecule has 1 aliphatic rings. The minimum atomic E-state index is 0.966. The first-order chi connectivity index (χ1) is 5.77. The summed E-state index contributed by atoms with van der Waals surface area (Å²) in [5.74, 6) is 0. The molecule has 2 heteroatoms. The number of hydrogen-bond donors (Lipinski definition) is 0. The lowest BCUT2D eigenvalue weighted by molar-refractivity contribution is 0.465. The lowest BCUT2D eigenvalue weighted by Gasteiger charge is -2.09. The van der Waals surface area contributed by atoms with Gasteiger partial charge < -0.3 is 0 Å². The molecule has 0 radical (unpaired) electrons. The first kappa shape index (κ1) is 9.04. The lowest BCUT2D eigenvalue weighted by atomic mass is 10.1. The second-order valence-corrected chi connectivity index (χ2v) is 2.88. The van der Waals surface area contributed by atoms with E-state index in [1.807, 2.05) is 18.3 Å². The maximum atomic E-state index is 4.15. The molecule has 0 spiro atoms. The van der Waals surface area contributed by atoms with Crippen molar-refractivity contribution in [2.75, 3.05) is 7.05 Å². The largest absolute Gasteiger partial charge is 0.273 e. The molecule has 0 aliphatic carbocycles. The zero-order valence-corrected chi connectivity index (χ0v) is 8.04. The highest BCUT2D eigenvalue weighted by molar-refractivity contribution is 5.63. The maximum Gasteiger partial charge on any atom is 0.0421 e. The third kappa shape index (κ3) is 1.97. The molecule has 12 heavy (non-hydrogen) atoms. The van der Waals surface area contributed by atoms with Gasteiger partial charge in [-0.1, -0.05) is 18.6 Å². The molecular formula is C10H16N2. The van der Waals surface area contributed by atoms with Crippen molar-refractivity contribution in [2.24, 2.45) is 5.10 Å². The van der Waals surface area contributed by atoms with Gasteiger partial charge in [-0.3, -0.25) is 5.01 Å². The highest BCUT2D eigenvalue weighted by atomic mass is 15.5. The van der Waals surface area contributed by atoms with E-state index >= 15 is 0 Å². The number of allylic oxidation sites excluding steroid dienone is 4. The zero-order chi connectivity index (χ0) is 8.97. The topological polar surface area (TPSA) is 15.6 Å². The minimum Gasteiger partial charge on any atom is -0.273 e. The van der Waals surface area contributed by atoms with Crippen LogP contribution in [0.2, 0.25) is 0 Å². The molecular weight excluding hydrogens is 148 g/mol. The molecule has 0 bridgehead atoms. The van der Waals surface area contributed by atoms with Crippen molar-refractivity contribution in [2.45, 2.75) is 26.7 Å². The molecule has 0 aromatic heterocycles. The van der Waals surface area contributed by atoms with Gasteiger partial charge in [0.2, 0.25) is 0 Å². The standard InChI is InChI=1S/C10H16N2/c1-4-9(5-2)8-10-6-7-11-12(10)3/h4,7-8H,5-6H2,1-3H3/b9-4-,10-8+. The summed E-state index contributed by atoms with van der Waals surface area (Å²) >= 11 is 0. The Morgan fingerprint density at radius 2 is 2.50 bits per heavy atom. The van der Waals surface area contributed by atoms with Crippen molar-refractivity contribution in [1.29, 1.82) is 0 Å². The van der Waals surface area contributed by atoms with Gasteiger partial charge in [-0.15, -0.1) is 0 Å². The van der Waals surface area contributed by atoms with Gasteiger partial charge in [0.25, 0.3) is 0 Å². The summed E-state index contributed by atoms with van der Waals surface area (Å²) in [4.78, 5) is 0. The van der Waals surface area contributed by atoms with Gasteiger partial charge in [-0.2, -0.15) is 5.10 Å². The average molecular weight is 164 g/mol. The molecule has 66 valence electrons. The Labute approximate surface area is 74.3 Å². The van der Waals surface area contributed by atoms with Gasteiger partial charge in [0.1, 0.15) is 0 Å². The van der Waals surface area contributed by atoms with Crippen LogP contribution in [0.3, 0.4) is 0 Å². The summed E-state index contributed by atoms with van der Waals surface area (Å²) in [5, 5.41) is 6.08. The van der Waals surface area contributed by atoms with Crippen molar-refractivity contribution >= 4 is 6.21 Å². The Kier molecular flexibility index (Phi) is 3.09. The number of hydrazone groups is 1. The van der Waals surface area contributed by atoms with Crippen molar-refractivity contribution in [3.05, 3.63) is 23.4 Å². The van der Waals surface area contributed by atoms with Crippen molar-refractivity contribution in [3.63, 3.8) is 0 Å². The van der Waals surface area contributed by atoms with E-state index in [2.05, 4.69) is 31.1 Å². The third-order valence-electron chi connectivity index (χ3n) is 2.10. The fourth-order valence-corrected chi connectivity index (χ4v) is 1.22. The van der Waals surface area contributed by atoms with Gasteiger partial charge >= 0.3 is 0 Å². The van der Waals surface area contributed by atoms with Crippen LogP contribution in [0.5, 0.6) is 0 Å². The Hall–Kier alpha value is -1.05. The molecule has 0 unspecified atom stereocenters. The SMILES string of the molecule is C/C=C(\C=C1/CC=NN1C)CC. The van der Waals surface area contributed by atoms with Crippen LogP contribution in [0.1, 0.15) is 26.7 Å². The molecule has 0 atom stereocenters. The van der Waals surface area contributed by atoms with Crippen LogP contribution in [0.15, 0.2) is 28.5 Å². The van der Waals surface area contributed by atoms with E-state index in [0.29, 0.717) is 0 Å². The predicted molar refractivity (Wildman–Crippen MR) is 53.0 cm³/mol. The Morgan fingerprint density at radius 1 is 1.75 bits per heavy atom. The fourth-order valence-electron chi connectivity index (χ4n) is 1.22. The third-order valence-corrected chi connectivity index (χ3v) is 2.10. The molecule has 0 saturated heterocycles. The van der Waals surface area contributed by atoms with Gasteiger partial charge in [-0.05, 0) is 19.4 Å². The van der Waals surface area contributed by atoms with E-state index in [1.165, 1.54) is 11.3 Å². The van der Waals surface area contributed by atoms with Gasteiger partial charge in [0.15, 0.2) is 0 Å². The second kappa shape index (κ2) is 4.10. The van der Waals surface area contributed by atoms with Crippen LogP contribution < -0.4 is 0 Å². The van der Waals surface area contributed by atoms with Crippen molar-refractivity contribution in [1.82, 2.24) is 5.01 Å². The molecule has 0 N–H and O–H groups in total. The van der Waals surface area contributed by atoms with E-state index in [9.17, 15) is 0 Å². The summed E-state index contributed by atoms with van der Waals surface area (Å²) in [7, 11) is 1.98. The van der Waals surface area contributed by atoms with Crippen LogP contribution in [-0.2, 0) is 0 Å². The Morgan fingerprint density at radius 3 is 2.92 bits per heavy atom. The van der Waals surface area contributed by atoms with E-state index in [1.54, 1.807) is 0 Å². The van der Waals surface area contributed by atoms with E-state index in [0.717, 1.165) is 12.8 Å². The number of nitrogens with zero attached hydrogens (tertiary/aromatic N) is 2. The zero-order valence-electron chi connectivity index (χ0n) is 8.04. The lowest BCUT2D eigenvalue weighted by Crippen LogP contribution is -2.04. The van der Waals surface area contributed by atoms with E-state index in [-0.39, 0.29) is 0 Å². The molecule has 2 nitrogen and oxygen atoms in total. The highest BCUT2D eigenvalue weighted by Gasteiger charge is 2.07. The monoisotopic (exact) mass is 164 g/mol. The molecule has 0 aromatic rings. The van der Waals surface area contributed by atoms with Crippen LogP contribution in [0, 0.1) is 0 Å². The van der Waals surface area contributed by atoms with Gasteiger partial charge in [-0.25, -0.2) is 0 Å². The van der Waals surface area contributed by atoms with Crippen molar-refractivity contribution in [3.8, 4) is 0 Å². The number of hydrogen-bond acceptors (Lipinski definition) is 2. The average Bonchev–Trinajstić information content (AvgIpc) is 2.47. The van der Waals surface area contributed by atoms with Crippen LogP contribution >= 0.6 is 0 Å². The summed E-state index contributed by atoms with van der Waals surface area (Å²) in [6.45, 7) is 4.24. The Bertz CT molecular complexity index is 236. The van der Waals surface area contributed by atoms with E-state index < -0.39 is 0 Å². The maximum absolute atomic E-state index is 4.15. The normalized spacial score (nSPS) is 21.1. The van der Waals surface area contributed by atoms with Crippen LogP contribution in [0.25, 0.3) is 0 Å². The predicted octanol–water partition coefficient (Wildman–Crippen LogP) is 2.55. The molecule has 0 fully saturated rings.